The predicted molar refractivity (Wildman–Crippen MR) is 63.2 cm³/mol. The fraction of sp³-hybridized carbons (Fsp3) is 0.250. The van der Waals surface area contributed by atoms with Gasteiger partial charge in [-0.1, -0.05) is 12.1 Å². The lowest BCUT2D eigenvalue weighted by Gasteiger charge is -2.12. The van der Waals surface area contributed by atoms with Crippen LogP contribution in [0.25, 0.3) is 11.3 Å². The number of benzene rings is 1. The van der Waals surface area contributed by atoms with E-state index in [-0.39, 0.29) is 17.9 Å². The van der Waals surface area contributed by atoms with E-state index in [0.29, 0.717) is 11.3 Å². The SMILES string of the molecule is Cn1cc(CN)c(-c2ccccc2OC(F)(F)F)n1. The molecule has 1 aromatic carbocycles. The summed E-state index contributed by atoms with van der Waals surface area (Å²) in [5.41, 5.74) is 6.87. The van der Waals surface area contributed by atoms with Gasteiger partial charge in [0.2, 0.25) is 0 Å². The summed E-state index contributed by atoms with van der Waals surface area (Å²) in [6.07, 6.45) is -3.08. The zero-order valence-corrected chi connectivity index (χ0v) is 10.1. The minimum atomic E-state index is -4.74. The first kappa shape index (κ1) is 13.4. The van der Waals surface area contributed by atoms with Gasteiger partial charge in [0.25, 0.3) is 0 Å². The largest absolute Gasteiger partial charge is 0.573 e. The molecular formula is C12H12F3N3O. The zero-order chi connectivity index (χ0) is 14.0. The average Bonchev–Trinajstić information content (AvgIpc) is 2.69. The summed E-state index contributed by atoms with van der Waals surface area (Å²) in [6.45, 7) is 0.184. The van der Waals surface area contributed by atoms with E-state index >= 15 is 0 Å². The smallest absolute Gasteiger partial charge is 0.405 e. The maximum Gasteiger partial charge on any atom is 0.573 e. The minimum Gasteiger partial charge on any atom is -0.405 e. The zero-order valence-electron chi connectivity index (χ0n) is 10.1. The molecule has 2 rings (SSSR count). The molecule has 0 amide bonds. The first-order valence-corrected chi connectivity index (χ1v) is 5.48. The van der Waals surface area contributed by atoms with E-state index in [1.165, 1.54) is 22.9 Å². The van der Waals surface area contributed by atoms with E-state index in [2.05, 4.69) is 9.84 Å². The third-order valence-corrected chi connectivity index (χ3v) is 2.49. The van der Waals surface area contributed by atoms with E-state index in [9.17, 15) is 13.2 Å². The second kappa shape index (κ2) is 4.93. The molecule has 0 aliphatic heterocycles. The number of nitrogens with two attached hydrogens (primary N) is 1. The number of rotatable bonds is 3. The van der Waals surface area contributed by atoms with Crippen LogP contribution in [0.3, 0.4) is 0 Å². The third kappa shape index (κ3) is 3.05. The van der Waals surface area contributed by atoms with Gasteiger partial charge in [-0.15, -0.1) is 13.2 Å². The summed E-state index contributed by atoms with van der Waals surface area (Å²) in [4.78, 5) is 0. The van der Waals surface area contributed by atoms with Crippen molar-refractivity contribution >= 4 is 0 Å². The van der Waals surface area contributed by atoms with Crippen molar-refractivity contribution in [2.75, 3.05) is 0 Å². The second-order valence-electron chi connectivity index (χ2n) is 3.92. The number of para-hydroxylation sites is 1. The lowest BCUT2D eigenvalue weighted by molar-refractivity contribution is -0.274. The van der Waals surface area contributed by atoms with Crippen LogP contribution in [-0.2, 0) is 13.6 Å². The van der Waals surface area contributed by atoms with Gasteiger partial charge in [0.1, 0.15) is 11.4 Å². The Balaban J connectivity index is 2.50. The lowest BCUT2D eigenvalue weighted by Crippen LogP contribution is -2.17. The molecule has 19 heavy (non-hydrogen) atoms. The summed E-state index contributed by atoms with van der Waals surface area (Å²) in [5, 5.41) is 4.13. The summed E-state index contributed by atoms with van der Waals surface area (Å²) >= 11 is 0. The van der Waals surface area contributed by atoms with E-state index in [1.807, 2.05) is 0 Å². The number of halogens is 3. The van der Waals surface area contributed by atoms with E-state index in [0.717, 1.165) is 0 Å². The van der Waals surface area contributed by atoms with Gasteiger partial charge in [-0.05, 0) is 12.1 Å². The average molecular weight is 271 g/mol. The molecule has 0 saturated carbocycles. The normalized spacial score (nSPS) is 11.6. The van der Waals surface area contributed by atoms with Crippen molar-refractivity contribution in [2.24, 2.45) is 12.8 Å². The van der Waals surface area contributed by atoms with Crippen molar-refractivity contribution in [1.82, 2.24) is 9.78 Å². The fourth-order valence-electron chi connectivity index (χ4n) is 1.79. The molecule has 0 aliphatic carbocycles. The van der Waals surface area contributed by atoms with Gasteiger partial charge in [0, 0.05) is 30.9 Å². The molecule has 4 nitrogen and oxygen atoms in total. The van der Waals surface area contributed by atoms with Crippen molar-refractivity contribution in [3.8, 4) is 17.0 Å². The van der Waals surface area contributed by atoms with Crippen LogP contribution in [0, 0.1) is 0 Å². The van der Waals surface area contributed by atoms with E-state index < -0.39 is 6.36 Å². The topological polar surface area (TPSA) is 53.1 Å². The van der Waals surface area contributed by atoms with Crippen LogP contribution in [0.1, 0.15) is 5.56 Å². The van der Waals surface area contributed by atoms with E-state index in [1.54, 1.807) is 19.3 Å². The maximum atomic E-state index is 12.4. The van der Waals surface area contributed by atoms with Crippen molar-refractivity contribution in [1.29, 1.82) is 0 Å². The summed E-state index contributed by atoms with van der Waals surface area (Å²) in [6, 6.07) is 5.85. The highest BCUT2D eigenvalue weighted by atomic mass is 19.4. The van der Waals surface area contributed by atoms with Gasteiger partial charge in [-0.3, -0.25) is 4.68 Å². The molecular weight excluding hydrogens is 259 g/mol. The maximum absolute atomic E-state index is 12.4. The second-order valence-corrected chi connectivity index (χ2v) is 3.92. The highest BCUT2D eigenvalue weighted by Crippen LogP contribution is 2.34. The first-order valence-electron chi connectivity index (χ1n) is 5.48. The van der Waals surface area contributed by atoms with Crippen molar-refractivity contribution in [2.45, 2.75) is 12.9 Å². The van der Waals surface area contributed by atoms with Crippen LogP contribution in [0.2, 0.25) is 0 Å². The number of nitrogens with zero attached hydrogens (tertiary/aromatic N) is 2. The quantitative estimate of drug-likeness (QED) is 0.932. The van der Waals surface area contributed by atoms with Crippen LogP contribution < -0.4 is 10.5 Å². The molecule has 0 aliphatic rings. The van der Waals surface area contributed by atoms with Crippen molar-refractivity contribution < 1.29 is 17.9 Å². The molecule has 102 valence electrons. The van der Waals surface area contributed by atoms with Gasteiger partial charge < -0.3 is 10.5 Å². The highest BCUT2D eigenvalue weighted by molar-refractivity contribution is 5.69. The number of aromatic nitrogens is 2. The van der Waals surface area contributed by atoms with Crippen LogP contribution in [0.15, 0.2) is 30.5 Å². The number of alkyl halides is 3. The van der Waals surface area contributed by atoms with Gasteiger partial charge in [-0.25, -0.2) is 0 Å². The predicted octanol–water partition coefficient (Wildman–Crippen LogP) is 2.44. The third-order valence-electron chi connectivity index (χ3n) is 2.49. The Morgan fingerprint density at radius 2 is 2.00 bits per heavy atom. The molecule has 0 radical (unpaired) electrons. The number of hydrogen-bond donors (Lipinski definition) is 1. The number of hydrogen-bond acceptors (Lipinski definition) is 3. The molecule has 0 unspecified atom stereocenters. The van der Waals surface area contributed by atoms with Crippen LogP contribution in [-0.4, -0.2) is 16.1 Å². The van der Waals surface area contributed by atoms with Gasteiger partial charge >= 0.3 is 6.36 Å². The Hall–Kier alpha value is -2.02. The molecule has 2 aromatic rings. The molecule has 0 saturated heterocycles. The lowest BCUT2D eigenvalue weighted by atomic mass is 10.1. The van der Waals surface area contributed by atoms with Gasteiger partial charge in [0.05, 0.1) is 0 Å². The summed E-state index contributed by atoms with van der Waals surface area (Å²) in [7, 11) is 1.68. The monoisotopic (exact) mass is 271 g/mol. The Bertz CT molecular complexity index is 578. The van der Waals surface area contributed by atoms with Gasteiger partial charge in [0.15, 0.2) is 0 Å². The minimum absolute atomic E-state index is 0.184. The molecule has 1 aromatic heterocycles. The van der Waals surface area contributed by atoms with Crippen molar-refractivity contribution in [3.63, 3.8) is 0 Å². The Morgan fingerprint density at radius 3 is 2.63 bits per heavy atom. The molecule has 0 spiro atoms. The van der Waals surface area contributed by atoms with E-state index in [4.69, 9.17) is 5.73 Å². The van der Waals surface area contributed by atoms with Crippen LogP contribution in [0.4, 0.5) is 13.2 Å². The molecule has 0 bridgehead atoms. The molecule has 1 heterocycles. The van der Waals surface area contributed by atoms with Crippen molar-refractivity contribution in [3.05, 3.63) is 36.0 Å². The summed E-state index contributed by atoms with van der Waals surface area (Å²) < 4.78 is 42.6. The van der Waals surface area contributed by atoms with Gasteiger partial charge in [-0.2, -0.15) is 5.10 Å². The number of aryl methyl sites for hydroxylation is 1. The number of ether oxygens (including phenoxy) is 1. The highest BCUT2D eigenvalue weighted by Gasteiger charge is 2.32. The summed E-state index contributed by atoms with van der Waals surface area (Å²) in [5.74, 6) is -0.289. The van der Waals surface area contributed by atoms with Crippen LogP contribution in [0.5, 0.6) is 5.75 Å². The Morgan fingerprint density at radius 1 is 1.32 bits per heavy atom. The Labute approximate surface area is 107 Å². The Kier molecular flexibility index (Phi) is 3.48. The first-order chi connectivity index (χ1) is 8.90. The standard InChI is InChI=1S/C12H12F3N3O/c1-18-7-8(6-16)11(17-18)9-4-2-3-5-10(9)19-12(13,14)15/h2-5,7H,6,16H2,1H3. The fourth-order valence-corrected chi connectivity index (χ4v) is 1.79. The molecule has 7 heteroatoms. The molecule has 0 fully saturated rings. The molecule has 0 atom stereocenters. The molecule has 2 N–H and O–H groups in total. The van der Waals surface area contributed by atoms with Crippen LogP contribution >= 0.6 is 0 Å².